The molecule has 0 radical (unpaired) electrons. The van der Waals surface area contributed by atoms with E-state index in [0.29, 0.717) is 0 Å². The van der Waals surface area contributed by atoms with E-state index in [2.05, 4.69) is 5.32 Å². The molecule has 0 saturated carbocycles. The molecule has 0 unspecified atom stereocenters. The first-order valence-corrected chi connectivity index (χ1v) is 5.46. The van der Waals surface area contributed by atoms with Crippen LogP contribution in [0.5, 0.6) is 0 Å². The first-order chi connectivity index (χ1) is 5.41. The zero-order valence-corrected chi connectivity index (χ0v) is 7.60. The largest absolute Gasteiger partial charge is 0.351 e. The molecule has 0 aliphatic carbocycles. The second kappa shape index (κ2) is 3.02. The SMILES string of the molecule is CC(=O)N[C@H]1CS(=O)(=O)C[C@H]1N. The van der Waals surface area contributed by atoms with Crippen LogP contribution in [0.3, 0.4) is 0 Å². The maximum atomic E-state index is 11.0. The van der Waals surface area contributed by atoms with Crippen molar-refractivity contribution in [3.05, 3.63) is 0 Å². The molecule has 0 aromatic carbocycles. The van der Waals surface area contributed by atoms with Crippen LogP contribution in [0.15, 0.2) is 0 Å². The van der Waals surface area contributed by atoms with E-state index in [9.17, 15) is 13.2 Å². The molecule has 5 nitrogen and oxygen atoms in total. The van der Waals surface area contributed by atoms with Gasteiger partial charge >= 0.3 is 0 Å². The fourth-order valence-electron chi connectivity index (χ4n) is 1.28. The van der Waals surface area contributed by atoms with E-state index in [0.717, 1.165) is 0 Å². The van der Waals surface area contributed by atoms with Gasteiger partial charge in [-0.15, -0.1) is 0 Å². The Morgan fingerprint density at radius 2 is 2.08 bits per heavy atom. The van der Waals surface area contributed by atoms with Gasteiger partial charge in [0, 0.05) is 13.0 Å². The lowest BCUT2D eigenvalue weighted by Crippen LogP contribution is -2.45. The third-order valence-electron chi connectivity index (χ3n) is 1.79. The standard InChI is InChI=1S/C6H12N2O3S/c1-4(9)8-6-3-12(10,11)2-5(6)7/h5-6H,2-3,7H2,1H3,(H,8,9)/t5-,6+/m1/s1. The van der Waals surface area contributed by atoms with Crippen molar-refractivity contribution in [2.45, 2.75) is 19.0 Å². The van der Waals surface area contributed by atoms with Crippen LogP contribution in [-0.4, -0.2) is 37.9 Å². The topological polar surface area (TPSA) is 89.3 Å². The van der Waals surface area contributed by atoms with Gasteiger partial charge in [-0.1, -0.05) is 0 Å². The molecule has 1 saturated heterocycles. The number of carbonyl (C=O) groups is 1. The number of hydrogen-bond donors (Lipinski definition) is 2. The monoisotopic (exact) mass is 192 g/mol. The predicted molar refractivity (Wildman–Crippen MR) is 44.2 cm³/mol. The van der Waals surface area contributed by atoms with E-state index in [1.807, 2.05) is 0 Å². The molecule has 1 aliphatic heterocycles. The maximum absolute atomic E-state index is 11.0. The summed E-state index contributed by atoms with van der Waals surface area (Å²) in [6.45, 7) is 1.34. The second-order valence-electron chi connectivity index (χ2n) is 3.05. The summed E-state index contributed by atoms with van der Waals surface area (Å²) in [4.78, 5) is 10.6. The number of amides is 1. The minimum absolute atomic E-state index is 0.0298. The van der Waals surface area contributed by atoms with E-state index < -0.39 is 21.9 Å². The Labute approximate surface area is 71.2 Å². The Bertz CT molecular complexity index is 285. The van der Waals surface area contributed by atoms with Crippen LogP contribution in [-0.2, 0) is 14.6 Å². The molecular formula is C6H12N2O3S. The van der Waals surface area contributed by atoms with Crippen LogP contribution in [0.25, 0.3) is 0 Å². The lowest BCUT2D eigenvalue weighted by molar-refractivity contribution is -0.119. The predicted octanol–water partition coefficient (Wildman–Crippen LogP) is -1.75. The van der Waals surface area contributed by atoms with Crippen molar-refractivity contribution in [2.75, 3.05) is 11.5 Å². The van der Waals surface area contributed by atoms with Crippen molar-refractivity contribution in [3.63, 3.8) is 0 Å². The first-order valence-electron chi connectivity index (χ1n) is 3.64. The molecule has 0 bridgehead atoms. The number of rotatable bonds is 1. The molecule has 3 N–H and O–H groups in total. The van der Waals surface area contributed by atoms with Crippen LogP contribution in [0.2, 0.25) is 0 Å². The van der Waals surface area contributed by atoms with Crippen LogP contribution in [0.1, 0.15) is 6.92 Å². The molecule has 0 aromatic rings. The highest BCUT2D eigenvalue weighted by atomic mass is 32.2. The molecule has 1 aliphatic rings. The summed E-state index contributed by atoms with van der Waals surface area (Å²) in [6.07, 6.45) is 0. The Morgan fingerprint density at radius 3 is 2.42 bits per heavy atom. The summed E-state index contributed by atoms with van der Waals surface area (Å²) in [5.74, 6) is -0.307. The highest BCUT2D eigenvalue weighted by Crippen LogP contribution is 2.10. The fourth-order valence-corrected chi connectivity index (χ4v) is 3.12. The van der Waals surface area contributed by atoms with E-state index >= 15 is 0 Å². The summed E-state index contributed by atoms with van der Waals surface area (Å²) < 4.78 is 22.0. The summed E-state index contributed by atoms with van der Waals surface area (Å²) in [7, 11) is -3.03. The molecule has 6 heteroatoms. The van der Waals surface area contributed by atoms with Crippen LogP contribution in [0.4, 0.5) is 0 Å². The highest BCUT2D eigenvalue weighted by molar-refractivity contribution is 7.91. The van der Waals surface area contributed by atoms with Gasteiger partial charge in [0.25, 0.3) is 0 Å². The molecule has 1 heterocycles. The summed E-state index contributed by atoms with van der Waals surface area (Å²) >= 11 is 0. The molecule has 0 aromatic heterocycles. The summed E-state index contributed by atoms with van der Waals surface area (Å²) in [6, 6.07) is -0.869. The van der Waals surface area contributed by atoms with Crippen molar-refractivity contribution in [1.82, 2.24) is 5.32 Å². The summed E-state index contributed by atoms with van der Waals surface area (Å²) in [5.41, 5.74) is 5.51. The Hall–Kier alpha value is -0.620. The van der Waals surface area contributed by atoms with Gasteiger partial charge < -0.3 is 11.1 Å². The van der Waals surface area contributed by atoms with E-state index in [1.165, 1.54) is 6.92 Å². The minimum Gasteiger partial charge on any atom is -0.351 e. The van der Waals surface area contributed by atoms with Crippen molar-refractivity contribution in [1.29, 1.82) is 0 Å². The quantitative estimate of drug-likeness (QED) is 0.515. The molecule has 1 amide bonds. The molecule has 12 heavy (non-hydrogen) atoms. The van der Waals surface area contributed by atoms with Crippen molar-refractivity contribution >= 4 is 15.7 Å². The first kappa shape index (κ1) is 9.47. The van der Waals surface area contributed by atoms with Gasteiger partial charge in [-0.3, -0.25) is 4.79 Å². The van der Waals surface area contributed by atoms with Gasteiger partial charge in [-0.25, -0.2) is 8.42 Å². The van der Waals surface area contributed by atoms with Gasteiger partial charge in [-0.05, 0) is 0 Å². The lowest BCUT2D eigenvalue weighted by Gasteiger charge is -2.13. The second-order valence-corrected chi connectivity index (χ2v) is 5.20. The van der Waals surface area contributed by atoms with Crippen molar-refractivity contribution < 1.29 is 13.2 Å². The zero-order chi connectivity index (χ0) is 9.35. The van der Waals surface area contributed by atoms with Crippen molar-refractivity contribution in [3.8, 4) is 0 Å². The van der Waals surface area contributed by atoms with Gasteiger partial charge in [-0.2, -0.15) is 0 Å². The molecule has 1 fully saturated rings. The Balaban J connectivity index is 2.64. The van der Waals surface area contributed by atoms with E-state index in [4.69, 9.17) is 5.73 Å². The highest BCUT2D eigenvalue weighted by Gasteiger charge is 2.35. The third kappa shape index (κ3) is 2.18. The normalized spacial score (nSPS) is 33.2. The van der Waals surface area contributed by atoms with Crippen LogP contribution >= 0.6 is 0 Å². The molecule has 1 rings (SSSR count). The van der Waals surface area contributed by atoms with Crippen LogP contribution < -0.4 is 11.1 Å². The molecule has 0 spiro atoms. The number of nitrogens with two attached hydrogens (primary N) is 1. The smallest absolute Gasteiger partial charge is 0.217 e. The maximum Gasteiger partial charge on any atom is 0.217 e. The average molecular weight is 192 g/mol. The number of sulfone groups is 1. The van der Waals surface area contributed by atoms with Gasteiger partial charge in [0.2, 0.25) is 5.91 Å². The Kier molecular flexibility index (Phi) is 2.39. The number of nitrogens with one attached hydrogen (secondary N) is 1. The molecular weight excluding hydrogens is 180 g/mol. The van der Waals surface area contributed by atoms with Gasteiger partial charge in [0.1, 0.15) is 0 Å². The van der Waals surface area contributed by atoms with Crippen molar-refractivity contribution in [2.24, 2.45) is 5.73 Å². The number of carbonyl (C=O) groups excluding carboxylic acids is 1. The molecule has 70 valence electrons. The van der Waals surface area contributed by atoms with Gasteiger partial charge in [0.05, 0.1) is 17.5 Å². The van der Waals surface area contributed by atoms with Gasteiger partial charge in [0.15, 0.2) is 9.84 Å². The minimum atomic E-state index is -3.03. The third-order valence-corrected chi connectivity index (χ3v) is 3.55. The Morgan fingerprint density at radius 1 is 1.50 bits per heavy atom. The molecule has 2 atom stereocenters. The summed E-state index contributed by atoms with van der Waals surface area (Å²) in [5, 5.41) is 2.50. The van der Waals surface area contributed by atoms with Crippen LogP contribution in [0, 0.1) is 0 Å². The fraction of sp³-hybridized carbons (Fsp3) is 0.833. The average Bonchev–Trinajstić information content (AvgIpc) is 2.03. The number of hydrogen-bond acceptors (Lipinski definition) is 4. The van der Waals surface area contributed by atoms with E-state index in [-0.39, 0.29) is 17.4 Å². The lowest BCUT2D eigenvalue weighted by atomic mass is 10.2. The zero-order valence-electron chi connectivity index (χ0n) is 6.78. The van der Waals surface area contributed by atoms with E-state index in [1.54, 1.807) is 0 Å².